The Balaban J connectivity index is 2.10. The van der Waals surface area contributed by atoms with Gasteiger partial charge in [-0.3, -0.25) is 0 Å². The van der Waals surface area contributed by atoms with E-state index in [1.165, 1.54) is 12.8 Å². The molecule has 3 fully saturated rings. The zero-order valence-corrected chi connectivity index (χ0v) is 11.5. The van der Waals surface area contributed by atoms with Crippen LogP contribution in [-0.4, -0.2) is 21.9 Å². The average Bonchev–Trinajstić information content (AvgIpc) is 2.61. The summed E-state index contributed by atoms with van der Waals surface area (Å²) in [5.74, 6) is 1.66. The lowest BCUT2D eigenvalue weighted by atomic mass is 9.63. The first kappa shape index (κ1) is 12.0. The fourth-order valence-electron chi connectivity index (χ4n) is 5.86. The molecule has 0 heterocycles. The SMILES string of the molecule is C[C@@H]1CC[C@H]2C(C)(C)[C@H]3C[C@@]12CC(O)C3(C)O. The molecule has 0 aromatic carbocycles. The number of hydrogen-bond acceptors (Lipinski definition) is 2. The van der Waals surface area contributed by atoms with Crippen LogP contribution in [0.1, 0.15) is 53.4 Å². The Hall–Kier alpha value is -0.0800. The van der Waals surface area contributed by atoms with Gasteiger partial charge in [-0.25, -0.2) is 0 Å². The summed E-state index contributed by atoms with van der Waals surface area (Å²) in [4.78, 5) is 0. The molecule has 2 heteroatoms. The van der Waals surface area contributed by atoms with Crippen LogP contribution in [0, 0.1) is 28.6 Å². The van der Waals surface area contributed by atoms with Crippen molar-refractivity contribution in [2.75, 3.05) is 0 Å². The number of aliphatic hydroxyl groups excluding tert-OH is 1. The van der Waals surface area contributed by atoms with Crippen LogP contribution in [0.25, 0.3) is 0 Å². The summed E-state index contributed by atoms with van der Waals surface area (Å²) in [5, 5.41) is 21.0. The molecule has 3 rings (SSSR count). The standard InChI is InChI=1S/C15H26O2/c1-9-5-6-10-13(2,3)11-7-15(9,10)8-12(16)14(11,4)17/h9-12,16-17H,5-8H2,1-4H3/t9-,10+,11-,12?,14?,15-/m1/s1. The monoisotopic (exact) mass is 238 g/mol. The topological polar surface area (TPSA) is 40.5 Å². The molecule has 3 aliphatic carbocycles. The molecule has 0 aliphatic heterocycles. The third kappa shape index (κ3) is 1.19. The van der Waals surface area contributed by atoms with Crippen molar-refractivity contribution in [1.29, 1.82) is 0 Å². The maximum absolute atomic E-state index is 10.7. The summed E-state index contributed by atoms with van der Waals surface area (Å²) in [7, 11) is 0. The fraction of sp³-hybridized carbons (Fsp3) is 1.00. The Morgan fingerprint density at radius 3 is 2.29 bits per heavy atom. The molecular weight excluding hydrogens is 212 g/mol. The molecule has 2 bridgehead atoms. The van der Waals surface area contributed by atoms with Gasteiger partial charge in [0.1, 0.15) is 0 Å². The molecule has 6 atom stereocenters. The molecule has 2 N–H and O–H groups in total. The number of hydrogen-bond donors (Lipinski definition) is 2. The molecular formula is C15H26O2. The van der Waals surface area contributed by atoms with Gasteiger partial charge in [-0.05, 0) is 61.2 Å². The molecule has 0 aromatic heterocycles. The van der Waals surface area contributed by atoms with Gasteiger partial charge in [-0.2, -0.15) is 0 Å². The van der Waals surface area contributed by atoms with Gasteiger partial charge in [-0.1, -0.05) is 20.8 Å². The molecule has 1 spiro atoms. The highest BCUT2D eigenvalue weighted by Crippen LogP contribution is 2.73. The molecule has 0 amide bonds. The van der Waals surface area contributed by atoms with Gasteiger partial charge in [0.2, 0.25) is 0 Å². The van der Waals surface area contributed by atoms with Crippen molar-refractivity contribution in [3.8, 4) is 0 Å². The van der Waals surface area contributed by atoms with Crippen LogP contribution in [0.4, 0.5) is 0 Å². The molecule has 2 unspecified atom stereocenters. The molecule has 3 saturated carbocycles. The van der Waals surface area contributed by atoms with Gasteiger partial charge in [0, 0.05) is 0 Å². The average molecular weight is 238 g/mol. The molecule has 3 aliphatic rings. The molecule has 17 heavy (non-hydrogen) atoms. The van der Waals surface area contributed by atoms with E-state index in [1.807, 2.05) is 6.92 Å². The van der Waals surface area contributed by atoms with Crippen molar-refractivity contribution in [1.82, 2.24) is 0 Å². The minimum atomic E-state index is -0.890. The highest BCUT2D eigenvalue weighted by Gasteiger charge is 2.70. The van der Waals surface area contributed by atoms with Crippen LogP contribution in [0.15, 0.2) is 0 Å². The number of fused-ring (bicyclic) bond motifs is 1. The largest absolute Gasteiger partial charge is 0.390 e. The molecule has 0 aromatic rings. The Morgan fingerprint density at radius 2 is 1.65 bits per heavy atom. The second kappa shape index (κ2) is 3.08. The smallest absolute Gasteiger partial charge is 0.0911 e. The van der Waals surface area contributed by atoms with Gasteiger partial charge in [0.15, 0.2) is 0 Å². The van der Waals surface area contributed by atoms with E-state index in [4.69, 9.17) is 0 Å². The van der Waals surface area contributed by atoms with Crippen LogP contribution < -0.4 is 0 Å². The Bertz CT molecular complexity index is 347. The van der Waals surface area contributed by atoms with Crippen LogP contribution >= 0.6 is 0 Å². The first-order chi connectivity index (χ1) is 7.73. The second-order valence-corrected chi connectivity index (χ2v) is 7.79. The highest BCUT2D eigenvalue weighted by atomic mass is 16.3. The molecule has 2 nitrogen and oxygen atoms in total. The Morgan fingerprint density at radius 1 is 1.00 bits per heavy atom. The van der Waals surface area contributed by atoms with Gasteiger partial charge < -0.3 is 10.2 Å². The minimum absolute atomic E-state index is 0.172. The molecule has 0 radical (unpaired) electrons. The van der Waals surface area contributed by atoms with Gasteiger partial charge in [-0.15, -0.1) is 0 Å². The van der Waals surface area contributed by atoms with E-state index in [0.717, 1.165) is 12.8 Å². The Kier molecular flexibility index (Phi) is 2.17. The van der Waals surface area contributed by atoms with Crippen molar-refractivity contribution in [2.45, 2.75) is 65.1 Å². The van der Waals surface area contributed by atoms with E-state index in [0.29, 0.717) is 17.3 Å². The van der Waals surface area contributed by atoms with Crippen molar-refractivity contribution >= 4 is 0 Å². The van der Waals surface area contributed by atoms with Gasteiger partial charge >= 0.3 is 0 Å². The van der Waals surface area contributed by atoms with Crippen LogP contribution in [-0.2, 0) is 0 Å². The summed E-state index contributed by atoms with van der Waals surface area (Å²) in [5.41, 5.74) is -0.402. The van der Waals surface area contributed by atoms with E-state index < -0.39 is 11.7 Å². The lowest BCUT2D eigenvalue weighted by molar-refractivity contribution is -0.153. The van der Waals surface area contributed by atoms with E-state index in [1.54, 1.807) is 0 Å². The minimum Gasteiger partial charge on any atom is -0.390 e. The van der Waals surface area contributed by atoms with E-state index in [2.05, 4.69) is 20.8 Å². The van der Waals surface area contributed by atoms with Crippen molar-refractivity contribution in [2.24, 2.45) is 28.6 Å². The van der Waals surface area contributed by atoms with Crippen LogP contribution in [0.2, 0.25) is 0 Å². The Labute approximate surface area is 104 Å². The van der Waals surface area contributed by atoms with E-state index in [-0.39, 0.29) is 11.3 Å². The van der Waals surface area contributed by atoms with Crippen molar-refractivity contribution in [3.05, 3.63) is 0 Å². The normalized spacial score (nSPS) is 60.4. The summed E-state index contributed by atoms with van der Waals surface area (Å²) in [6, 6.07) is 0. The highest BCUT2D eigenvalue weighted by molar-refractivity contribution is 5.19. The van der Waals surface area contributed by atoms with E-state index >= 15 is 0 Å². The maximum Gasteiger partial charge on any atom is 0.0911 e. The summed E-state index contributed by atoms with van der Waals surface area (Å²) in [6.07, 6.45) is 3.98. The zero-order valence-electron chi connectivity index (χ0n) is 11.5. The summed E-state index contributed by atoms with van der Waals surface area (Å²) < 4.78 is 0. The first-order valence-electron chi connectivity index (χ1n) is 7.13. The van der Waals surface area contributed by atoms with Crippen LogP contribution in [0.3, 0.4) is 0 Å². The first-order valence-corrected chi connectivity index (χ1v) is 7.13. The van der Waals surface area contributed by atoms with Crippen LogP contribution in [0.5, 0.6) is 0 Å². The van der Waals surface area contributed by atoms with E-state index in [9.17, 15) is 10.2 Å². The lowest BCUT2D eigenvalue weighted by Gasteiger charge is -2.47. The number of aliphatic hydroxyl groups is 2. The quantitative estimate of drug-likeness (QED) is 0.681. The second-order valence-electron chi connectivity index (χ2n) is 7.79. The fourth-order valence-corrected chi connectivity index (χ4v) is 5.86. The molecule has 0 saturated heterocycles. The third-order valence-corrected chi connectivity index (χ3v) is 6.90. The van der Waals surface area contributed by atoms with Crippen molar-refractivity contribution < 1.29 is 10.2 Å². The zero-order chi connectivity index (χ0) is 12.6. The van der Waals surface area contributed by atoms with Crippen molar-refractivity contribution in [3.63, 3.8) is 0 Å². The predicted octanol–water partition coefficient (Wildman–Crippen LogP) is 2.58. The lowest BCUT2D eigenvalue weighted by Crippen LogP contribution is -2.53. The summed E-state index contributed by atoms with van der Waals surface area (Å²) >= 11 is 0. The van der Waals surface area contributed by atoms with Gasteiger partial charge in [0.05, 0.1) is 11.7 Å². The number of rotatable bonds is 0. The van der Waals surface area contributed by atoms with Gasteiger partial charge in [0.25, 0.3) is 0 Å². The predicted molar refractivity (Wildman–Crippen MR) is 67.5 cm³/mol. The summed E-state index contributed by atoms with van der Waals surface area (Å²) in [6.45, 7) is 8.83. The maximum atomic E-state index is 10.7. The molecule has 98 valence electrons. The third-order valence-electron chi connectivity index (χ3n) is 6.90.